The summed E-state index contributed by atoms with van der Waals surface area (Å²) in [5.41, 5.74) is 8.27. The van der Waals surface area contributed by atoms with Crippen molar-refractivity contribution in [3.63, 3.8) is 0 Å². The number of piperazine rings is 1. The highest BCUT2D eigenvalue weighted by Gasteiger charge is 2.26. The van der Waals surface area contributed by atoms with Gasteiger partial charge in [-0.3, -0.25) is 4.90 Å². The van der Waals surface area contributed by atoms with Gasteiger partial charge in [0, 0.05) is 52.0 Å². The van der Waals surface area contributed by atoms with Crippen LogP contribution in [-0.4, -0.2) is 60.9 Å². The predicted octanol–water partition coefficient (Wildman–Crippen LogP) is 2.08. The summed E-state index contributed by atoms with van der Waals surface area (Å²) in [4.78, 5) is 14.9. The fourth-order valence-electron chi connectivity index (χ4n) is 3.04. The van der Waals surface area contributed by atoms with E-state index in [-0.39, 0.29) is 12.1 Å². The van der Waals surface area contributed by atoms with Gasteiger partial charge >= 0.3 is 6.09 Å². The maximum Gasteiger partial charge on any atom is 0.407 e. The van der Waals surface area contributed by atoms with Crippen LogP contribution in [0.5, 0.6) is 0 Å². The lowest BCUT2D eigenvalue weighted by Crippen LogP contribution is -2.49. The van der Waals surface area contributed by atoms with Crippen LogP contribution in [0.4, 0.5) is 4.79 Å². The van der Waals surface area contributed by atoms with Gasteiger partial charge in [-0.05, 0) is 24.5 Å². The molecule has 1 heterocycles. The van der Waals surface area contributed by atoms with E-state index in [1.807, 2.05) is 6.92 Å². The average Bonchev–Trinajstić information content (AvgIpc) is 2.56. The summed E-state index contributed by atoms with van der Waals surface area (Å²) in [6.07, 6.45) is 0.0561. The first-order valence-corrected chi connectivity index (χ1v) is 8.09. The van der Waals surface area contributed by atoms with E-state index in [1.165, 1.54) is 10.5 Å². The Labute approximate surface area is 137 Å². The largest absolute Gasteiger partial charge is 0.465 e. The highest BCUT2D eigenvalue weighted by molar-refractivity contribution is 5.65. The third-order valence-electron chi connectivity index (χ3n) is 4.47. The van der Waals surface area contributed by atoms with Gasteiger partial charge in [-0.2, -0.15) is 0 Å². The number of carbonyl (C=O) groups is 1. The van der Waals surface area contributed by atoms with E-state index in [1.54, 1.807) is 7.11 Å². The van der Waals surface area contributed by atoms with Crippen molar-refractivity contribution in [2.24, 2.45) is 5.73 Å². The number of hydrogen-bond acceptors (Lipinski definition) is 4. The van der Waals surface area contributed by atoms with Crippen molar-refractivity contribution in [3.8, 4) is 0 Å². The van der Waals surface area contributed by atoms with E-state index >= 15 is 0 Å². The van der Waals surface area contributed by atoms with Crippen LogP contribution in [0.1, 0.15) is 36.6 Å². The van der Waals surface area contributed by atoms with Crippen LogP contribution in [0.2, 0.25) is 0 Å². The Hall–Kier alpha value is -1.63. The van der Waals surface area contributed by atoms with Crippen molar-refractivity contribution < 1.29 is 14.6 Å². The van der Waals surface area contributed by atoms with Crippen molar-refractivity contribution >= 4 is 6.09 Å². The summed E-state index contributed by atoms with van der Waals surface area (Å²) in [6, 6.07) is 8.68. The van der Waals surface area contributed by atoms with Gasteiger partial charge in [0.2, 0.25) is 0 Å². The first-order chi connectivity index (χ1) is 11.0. The molecule has 0 aliphatic carbocycles. The van der Waals surface area contributed by atoms with Gasteiger partial charge in [0.15, 0.2) is 0 Å². The zero-order valence-corrected chi connectivity index (χ0v) is 13.9. The zero-order valence-electron chi connectivity index (χ0n) is 13.9. The first-order valence-electron chi connectivity index (χ1n) is 8.09. The summed E-state index contributed by atoms with van der Waals surface area (Å²) >= 11 is 0. The fraction of sp³-hybridized carbons (Fsp3) is 0.588. The lowest BCUT2D eigenvalue weighted by atomic mass is 9.98. The number of rotatable bonds is 6. The van der Waals surface area contributed by atoms with Gasteiger partial charge in [0.1, 0.15) is 0 Å². The normalized spacial score (nSPS) is 18.7. The highest BCUT2D eigenvalue weighted by Crippen LogP contribution is 2.26. The van der Waals surface area contributed by atoms with Crippen molar-refractivity contribution in [2.45, 2.75) is 25.4 Å². The SMILES string of the molecule is COCCC(c1ccc([C@H](C)N)cc1)N1CCN(C(=O)O)CC1. The van der Waals surface area contributed by atoms with Crippen molar-refractivity contribution in [1.82, 2.24) is 9.80 Å². The lowest BCUT2D eigenvalue weighted by Gasteiger charge is -2.38. The third kappa shape index (κ3) is 4.67. The van der Waals surface area contributed by atoms with E-state index in [4.69, 9.17) is 15.6 Å². The molecule has 1 aromatic rings. The summed E-state index contributed by atoms with van der Waals surface area (Å²) in [5, 5.41) is 9.08. The van der Waals surface area contributed by atoms with Gasteiger partial charge in [-0.15, -0.1) is 0 Å². The molecule has 1 aliphatic rings. The molecule has 2 atom stereocenters. The molecule has 128 valence electrons. The van der Waals surface area contributed by atoms with E-state index in [0.717, 1.165) is 25.1 Å². The van der Waals surface area contributed by atoms with Crippen molar-refractivity contribution in [2.75, 3.05) is 39.9 Å². The molecule has 23 heavy (non-hydrogen) atoms. The monoisotopic (exact) mass is 321 g/mol. The Balaban J connectivity index is 2.09. The molecule has 0 saturated carbocycles. The zero-order chi connectivity index (χ0) is 16.8. The number of hydrogen-bond donors (Lipinski definition) is 2. The second kappa shape index (κ2) is 8.29. The fourth-order valence-corrected chi connectivity index (χ4v) is 3.04. The first kappa shape index (κ1) is 17.7. The maximum atomic E-state index is 11.0. The molecule has 6 heteroatoms. The molecule has 1 aromatic carbocycles. The van der Waals surface area contributed by atoms with Gasteiger partial charge in [-0.1, -0.05) is 24.3 Å². The van der Waals surface area contributed by atoms with Crippen LogP contribution >= 0.6 is 0 Å². The molecule has 1 aliphatic heterocycles. The summed E-state index contributed by atoms with van der Waals surface area (Å²) in [6.45, 7) is 5.25. The number of nitrogens with zero attached hydrogens (tertiary/aromatic N) is 2. The van der Waals surface area contributed by atoms with Crippen LogP contribution in [-0.2, 0) is 4.74 Å². The van der Waals surface area contributed by atoms with Crippen LogP contribution in [0, 0.1) is 0 Å². The molecular weight excluding hydrogens is 294 g/mol. The minimum atomic E-state index is -0.834. The van der Waals surface area contributed by atoms with Crippen LogP contribution in [0.3, 0.4) is 0 Å². The molecule has 0 aromatic heterocycles. The van der Waals surface area contributed by atoms with E-state index in [2.05, 4.69) is 29.2 Å². The summed E-state index contributed by atoms with van der Waals surface area (Å²) in [7, 11) is 1.71. The molecule has 6 nitrogen and oxygen atoms in total. The van der Waals surface area contributed by atoms with E-state index in [0.29, 0.717) is 19.7 Å². The molecule has 3 N–H and O–H groups in total. The quantitative estimate of drug-likeness (QED) is 0.838. The van der Waals surface area contributed by atoms with Crippen molar-refractivity contribution in [1.29, 1.82) is 0 Å². The molecule has 1 saturated heterocycles. The predicted molar refractivity (Wildman–Crippen MR) is 89.4 cm³/mol. The smallest absolute Gasteiger partial charge is 0.407 e. The lowest BCUT2D eigenvalue weighted by molar-refractivity contribution is 0.0709. The third-order valence-corrected chi connectivity index (χ3v) is 4.47. The Morgan fingerprint density at radius 3 is 2.26 bits per heavy atom. The summed E-state index contributed by atoms with van der Waals surface area (Å²) in [5.74, 6) is 0. The summed E-state index contributed by atoms with van der Waals surface area (Å²) < 4.78 is 5.25. The minimum Gasteiger partial charge on any atom is -0.465 e. The highest BCUT2D eigenvalue weighted by atomic mass is 16.5. The van der Waals surface area contributed by atoms with Gasteiger partial charge in [0.05, 0.1) is 0 Å². The molecule has 0 radical (unpaired) electrons. The Bertz CT molecular complexity index is 496. The topological polar surface area (TPSA) is 79.0 Å². The van der Waals surface area contributed by atoms with Crippen LogP contribution in [0.15, 0.2) is 24.3 Å². The molecule has 1 amide bonds. The molecule has 1 fully saturated rings. The minimum absolute atomic E-state index is 0.0283. The average molecular weight is 321 g/mol. The standard InChI is InChI=1S/C17H27N3O3/c1-13(18)14-3-5-15(6-4-14)16(7-12-23-2)19-8-10-20(11-9-19)17(21)22/h3-6,13,16H,7-12,18H2,1-2H3,(H,21,22)/t13-,16?/m0/s1. The number of carboxylic acid groups (broad SMARTS) is 1. The van der Waals surface area contributed by atoms with Gasteiger partial charge in [-0.25, -0.2) is 4.79 Å². The molecule has 0 bridgehead atoms. The second-order valence-electron chi connectivity index (χ2n) is 6.06. The van der Waals surface area contributed by atoms with Crippen LogP contribution in [0.25, 0.3) is 0 Å². The number of ether oxygens (including phenoxy) is 1. The molecular formula is C17H27N3O3. The number of benzene rings is 1. The maximum absolute atomic E-state index is 11.0. The van der Waals surface area contributed by atoms with Crippen LogP contribution < -0.4 is 5.73 Å². The van der Waals surface area contributed by atoms with Gasteiger partial charge in [0.25, 0.3) is 0 Å². The molecule has 1 unspecified atom stereocenters. The van der Waals surface area contributed by atoms with E-state index in [9.17, 15) is 4.79 Å². The second-order valence-corrected chi connectivity index (χ2v) is 6.06. The molecule has 0 spiro atoms. The number of nitrogens with two attached hydrogens (primary N) is 1. The number of methoxy groups -OCH3 is 1. The van der Waals surface area contributed by atoms with Gasteiger partial charge < -0.3 is 20.5 Å². The number of amides is 1. The molecule has 2 rings (SSSR count). The Morgan fingerprint density at radius 2 is 1.78 bits per heavy atom. The Morgan fingerprint density at radius 1 is 1.22 bits per heavy atom. The van der Waals surface area contributed by atoms with E-state index < -0.39 is 6.09 Å². The van der Waals surface area contributed by atoms with Crippen molar-refractivity contribution in [3.05, 3.63) is 35.4 Å². The Kier molecular flexibility index (Phi) is 6.38.